The van der Waals surface area contributed by atoms with Gasteiger partial charge in [-0.05, 0) is 87.1 Å². The summed E-state index contributed by atoms with van der Waals surface area (Å²) < 4.78 is 0. The Morgan fingerprint density at radius 2 is 1.72 bits per heavy atom. The van der Waals surface area contributed by atoms with E-state index in [9.17, 15) is 9.59 Å². The summed E-state index contributed by atoms with van der Waals surface area (Å²) in [6, 6.07) is 19.1. The van der Waals surface area contributed by atoms with Crippen molar-refractivity contribution in [3.8, 4) is 6.07 Å². The maximum atomic E-state index is 13.2. The summed E-state index contributed by atoms with van der Waals surface area (Å²) in [5.74, 6) is 0.794. The lowest BCUT2D eigenvalue weighted by atomic mass is 9.89. The third kappa shape index (κ3) is 5.89. The van der Waals surface area contributed by atoms with Gasteiger partial charge in [0.05, 0.1) is 17.2 Å². The van der Waals surface area contributed by atoms with Gasteiger partial charge in [0.2, 0.25) is 0 Å². The molecular formula is C29H31N5O2. The number of anilines is 2. The minimum Gasteiger partial charge on any atom is -0.368 e. The number of nitrogens with zero attached hydrogens (tertiary/aromatic N) is 3. The summed E-state index contributed by atoms with van der Waals surface area (Å²) in [5.41, 5.74) is 4.37. The van der Waals surface area contributed by atoms with Gasteiger partial charge in [-0.25, -0.2) is 4.98 Å². The van der Waals surface area contributed by atoms with Crippen LogP contribution in [-0.4, -0.2) is 40.8 Å². The van der Waals surface area contributed by atoms with Crippen LogP contribution >= 0.6 is 0 Å². The van der Waals surface area contributed by atoms with E-state index < -0.39 is 0 Å². The van der Waals surface area contributed by atoms with Crippen LogP contribution in [0.4, 0.5) is 11.5 Å². The molecule has 0 spiro atoms. The summed E-state index contributed by atoms with van der Waals surface area (Å²) in [7, 11) is 0. The molecule has 1 aliphatic rings. The number of hydrogen-bond donors (Lipinski definition) is 2. The number of rotatable bonds is 6. The van der Waals surface area contributed by atoms with Crippen LogP contribution in [0.1, 0.15) is 70.0 Å². The highest BCUT2D eigenvalue weighted by atomic mass is 16.2. The lowest BCUT2D eigenvalue weighted by Crippen LogP contribution is -2.38. The fourth-order valence-corrected chi connectivity index (χ4v) is 4.42. The lowest BCUT2D eigenvalue weighted by Gasteiger charge is -2.32. The van der Waals surface area contributed by atoms with Gasteiger partial charge in [0, 0.05) is 36.6 Å². The number of carbonyl (C=O) groups is 2. The highest BCUT2D eigenvalue weighted by molar-refractivity contribution is 6.05. The van der Waals surface area contributed by atoms with Crippen LogP contribution < -0.4 is 10.6 Å². The number of amides is 2. The largest absolute Gasteiger partial charge is 0.368 e. The van der Waals surface area contributed by atoms with Crippen LogP contribution in [-0.2, 0) is 0 Å². The minimum absolute atomic E-state index is 0.0328. The third-order valence-corrected chi connectivity index (χ3v) is 6.49. The number of piperidine rings is 1. The van der Waals surface area contributed by atoms with E-state index in [0.717, 1.165) is 18.4 Å². The normalized spacial score (nSPS) is 13.8. The lowest BCUT2D eigenvalue weighted by molar-refractivity contribution is 0.0712. The average molecular weight is 482 g/mol. The molecule has 2 amide bonds. The molecule has 0 aliphatic carbocycles. The van der Waals surface area contributed by atoms with E-state index in [1.54, 1.807) is 24.4 Å². The van der Waals surface area contributed by atoms with Crippen molar-refractivity contribution in [2.75, 3.05) is 23.7 Å². The molecule has 2 N–H and O–H groups in total. The number of aromatic nitrogens is 1. The number of likely N-dealkylation sites (tertiary alicyclic amines) is 1. The Bertz CT molecular complexity index is 1270. The van der Waals surface area contributed by atoms with Crippen molar-refractivity contribution in [2.24, 2.45) is 0 Å². The van der Waals surface area contributed by atoms with Crippen LogP contribution in [0.25, 0.3) is 0 Å². The van der Waals surface area contributed by atoms with Gasteiger partial charge in [-0.15, -0.1) is 0 Å². The molecule has 0 unspecified atom stereocenters. The van der Waals surface area contributed by atoms with Crippen LogP contribution in [0.2, 0.25) is 0 Å². The Morgan fingerprint density at radius 3 is 2.33 bits per heavy atom. The zero-order chi connectivity index (χ0) is 25.7. The molecule has 0 bridgehead atoms. The summed E-state index contributed by atoms with van der Waals surface area (Å²) >= 11 is 0. The maximum absolute atomic E-state index is 13.2. The van der Waals surface area contributed by atoms with Crippen molar-refractivity contribution >= 4 is 23.3 Å². The number of carbonyl (C=O) groups excluding carboxylic acids is 2. The van der Waals surface area contributed by atoms with Gasteiger partial charge in [0.15, 0.2) is 0 Å². The number of pyridine rings is 1. The number of aryl methyl sites for hydroxylation is 1. The fraction of sp³-hybridized carbons (Fsp3) is 0.310. The Hall–Kier alpha value is -4.18. The molecular weight excluding hydrogens is 450 g/mol. The van der Waals surface area contributed by atoms with Gasteiger partial charge in [-0.1, -0.05) is 18.2 Å². The quantitative estimate of drug-likeness (QED) is 0.494. The van der Waals surface area contributed by atoms with E-state index in [0.29, 0.717) is 47.2 Å². The first kappa shape index (κ1) is 24.9. The van der Waals surface area contributed by atoms with Gasteiger partial charge in [0.25, 0.3) is 11.8 Å². The first-order chi connectivity index (χ1) is 17.3. The number of benzene rings is 2. The Balaban J connectivity index is 1.39. The molecule has 1 fully saturated rings. The molecule has 4 rings (SSSR count). The van der Waals surface area contributed by atoms with Crippen LogP contribution in [0, 0.1) is 18.3 Å². The second kappa shape index (κ2) is 11.0. The van der Waals surface area contributed by atoms with Gasteiger partial charge in [-0.3, -0.25) is 9.59 Å². The molecule has 0 saturated carbocycles. The topological polar surface area (TPSA) is 98.1 Å². The standard InChI is InChI=1S/C29H31N5O2/c1-19(2)32-27-11-10-25(18-31-27)28(35)33-26-16-24(7-4-20(26)3)29(36)34-14-12-23(13-15-34)22-8-5-21(17-30)6-9-22/h4-11,16,18-19,23H,12-15H2,1-3H3,(H,31,32)(H,33,35). The SMILES string of the molecule is Cc1ccc(C(=O)N2CCC(c3ccc(C#N)cc3)CC2)cc1NC(=O)c1ccc(NC(C)C)nc1. The Morgan fingerprint density at radius 1 is 1.03 bits per heavy atom. The number of nitrogens with one attached hydrogen (secondary N) is 2. The van der Waals surface area contributed by atoms with E-state index in [2.05, 4.69) is 21.7 Å². The molecule has 1 aliphatic heterocycles. The Kier molecular flexibility index (Phi) is 7.65. The molecule has 1 aromatic heterocycles. The molecule has 0 atom stereocenters. The molecule has 0 radical (unpaired) electrons. The van der Waals surface area contributed by atoms with E-state index in [4.69, 9.17) is 5.26 Å². The van der Waals surface area contributed by atoms with Crippen molar-refractivity contribution in [3.05, 3.63) is 88.6 Å². The van der Waals surface area contributed by atoms with Gasteiger partial charge in [0.1, 0.15) is 5.82 Å². The monoisotopic (exact) mass is 481 g/mol. The zero-order valence-electron chi connectivity index (χ0n) is 20.9. The van der Waals surface area contributed by atoms with Crippen molar-refractivity contribution in [2.45, 2.75) is 45.6 Å². The van der Waals surface area contributed by atoms with E-state index >= 15 is 0 Å². The molecule has 3 aromatic rings. The summed E-state index contributed by atoms with van der Waals surface area (Å²) in [4.78, 5) is 32.2. The molecule has 1 saturated heterocycles. The van der Waals surface area contributed by atoms with Gasteiger partial charge in [-0.2, -0.15) is 5.26 Å². The van der Waals surface area contributed by atoms with Crippen LogP contribution in [0.5, 0.6) is 0 Å². The third-order valence-electron chi connectivity index (χ3n) is 6.49. The second-order valence-electron chi connectivity index (χ2n) is 9.52. The maximum Gasteiger partial charge on any atom is 0.257 e. The van der Waals surface area contributed by atoms with E-state index in [1.165, 1.54) is 5.56 Å². The zero-order valence-corrected chi connectivity index (χ0v) is 20.9. The molecule has 184 valence electrons. The second-order valence-corrected chi connectivity index (χ2v) is 9.52. The summed E-state index contributed by atoms with van der Waals surface area (Å²) in [5, 5.41) is 15.1. The first-order valence-electron chi connectivity index (χ1n) is 12.3. The summed E-state index contributed by atoms with van der Waals surface area (Å²) in [6.07, 6.45) is 3.30. The van der Waals surface area contributed by atoms with Crippen molar-refractivity contribution in [1.29, 1.82) is 5.26 Å². The molecule has 2 heterocycles. The molecule has 36 heavy (non-hydrogen) atoms. The fourth-order valence-electron chi connectivity index (χ4n) is 4.42. The predicted molar refractivity (Wildman–Crippen MR) is 141 cm³/mol. The van der Waals surface area contributed by atoms with E-state index in [-0.39, 0.29) is 17.9 Å². The average Bonchev–Trinajstić information content (AvgIpc) is 2.89. The highest BCUT2D eigenvalue weighted by Gasteiger charge is 2.25. The van der Waals surface area contributed by atoms with Crippen molar-refractivity contribution < 1.29 is 9.59 Å². The molecule has 7 heteroatoms. The minimum atomic E-state index is -0.269. The van der Waals surface area contributed by atoms with Crippen molar-refractivity contribution in [1.82, 2.24) is 9.88 Å². The van der Waals surface area contributed by atoms with Crippen LogP contribution in [0.15, 0.2) is 60.8 Å². The summed E-state index contributed by atoms with van der Waals surface area (Å²) in [6.45, 7) is 7.29. The first-order valence-corrected chi connectivity index (χ1v) is 12.3. The Labute approximate surface area is 212 Å². The smallest absolute Gasteiger partial charge is 0.257 e. The molecule has 2 aromatic carbocycles. The number of hydrogen-bond acceptors (Lipinski definition) is 5. The van der Waals surface area contributed by atoms with Gasteiger partial charge < -0.3 is 15.5 Å². The van der Waals surface area contributed by atoms with Gasteiger partial charge >= 0.3 is 0 Å². The predicted octanol–water partition coefficient (Wildman–Crippen LogP) is 5.35. The van der Waals surface area contributed by atoms with Crippen LogP contribution in [0.3, 0.4) is 0 Å². The van der Waals surface area contributed by atoms with Crippen molar-refractivity contribution in [3.63, 3.8) is 0 Å². The molecule has 7 nitrogen and oxygen atoms in total. The number of nitriles is 1. The highest BCUT2D eigenvalue weighted by Crippen LogP contribution is 2.29. The van der Waals surface area contributed by atoms with E-state index in [1.807, 2.05) is 62.1 Å².